The van der Waals surface area contributed by atoms with Gasteiger partial charge in [0, 0.05) is 11.3 Å². The van der Waals surface area contributed by atoms with Crippen LogP contribution in [0.15, 0.2) is 18.2 Å². The molecule has 0 heterocycles. The minimum Gasteiger partial charge on any atom is -0.399 e. The first-order valence-electron chi connectivity index (χ1n) is 3.38. The van der Waals surface area contributed by atoms with E-state index in [1.165, 1.54) is 18.2 Å². The van der Waals surface area contributed by atoms with E-state index >= 15 is 0 Å². The molecular weight excluding hydrogens is 159 g/mol. The van der Waals surface area contributed by atoms with Crippen LogP contribution in [0.2, 0.25) is 0 Å². The average molecular weight is 168 g/mol. The fourth-order valence-electron chi connectivity index (χ4n) is 0.938. The number of hydrogen-bond acceptors (Lipinski definition) is 2. The van der Waals surface area contributed by atoms with Gasteiger partial charge in [0.05, 0.1) is 0 Å². The highest BCUT2D eigenvalue weighted by molar-refractivity contribution is 5.93. The molecule has 0 atom stereocenters. The van der Waals surface area contributed by atoms with E-state index in [4.69, 9.17) is 11.5 Å². The number of carbonyl (C=O) groups excluding carboxylic acids is 1. The minimum absolute atomic E-state index is 0.239. The maximum absolute atomic E-state index is 12.1. The first-order valence-corrected chi connectivity index (χ1v) is 3.38. The zero-order valence-electron chi connectivity index (χ0n) is 6.38. The van der Waals surface area contributed by atoms with Crippen molar-refractivity contribution in [2.24, 2.45) is 5.73 Å². The van der Waals surface area contributed by atoms with E-state index in [0.29, 0.717) is 11.3 Å². The SMILES string of the molecule is NC(=O)c1cc(N)cc(CF)c1. The Morgan fingerprint density at radius 1 is 1.42 bits per heavy atom. The van der Waals surface area contributed by atoms with Crippen molar-refractivity contribution in [1.82, 2.24) is 0 Å². The number of anilines is 1. The van der Waals surface area contributed by atoms with Gasteiger partial charge >= 0.3 is 0 Å². The summed E-state index contributed by atoms with van der Waals surface area (Å²) in [6.07, 6.45) is 0. The fourth-order valence-corrected chi connectivity index (χ4v) is 0.938. The molecule has 1 aromatic rings. The van der Waals surface area contributed by atoms with Crippen LogP contribution in [0.25, 0.3) is 0 Å². The summed E-state index contributed by atoms with van der Waals surface area (Å²) in [6, 6.07) is 4.27. The lowest BCUT2D eigenvalue weighted by atomic mass is 10.1. The van der Waals surface area contributed by atoms with E-state index in [1.807, 2.05) is 0 Å². The van der Waals surface area contributed by atoms with Crippen LogP contribution in [0.5, 0.6) is 0 Å². The standard InChI is InChI=1S/C8H9FN2O/c9-4-5-1-6(8(11)12)3-7(10)2-5/h1-3H,4,10H2,(H2,11,12). The summed E-state index contributed by atoms with van der Waals surface area (Å²) in [6.45, 7) is -0.648. The minimum atomic E-state index is -0.648. The zero-order chi connectivity index (χ0) is 9.14. The Kier molecular flexibility index (Phi) is 2.28. The lowest BCUT2D eigenvalue weighted by molar-refractivity contribution is 0.1000. The Morgan fingerprint density at radius 2 is 2.08 bits per heavy atom. The molecule has 1 amide bonds. The fraction of sp³-hybridized carbons (Fsp3) is 0.125. The summed E-state index contributed by atoms with van der Waals surface area (Å²) in [5, 5.41) is 0. The molecule has 0 aliphatic rings. The summed E-state index contributed by atoms with van der Waals surface area (Å²) < 4.78 is 12.1. The van der Waals surface area contributed by atoms with Crippen molar-refractivity contribution in [3.63, 3.8) is 0 Å². The summed E-state index contributed by atoms with van der Waals surface area (Å²) in [7, 11) is 0. The van der Waals surface area contributed by atoms with E-state index in [0.717, 1.165) is 0 Å². The number of primary amides is 1. The van der Waals surface area contributed by atoms with Gasteiger partial charge in [-0.05, 0) is 23.8 Å². The molecule has 0 spiro atoms. The second kappa shape index (κ2) is 3.21. The predicted molar refractivity (Wildman–Crippen MR) is 44.2 cm³/mol. The molecule has 3 nitrogen and oxygen atoms in total. The lowest BCUT2D eigenvalue weighted by Gasteiger charge is -2.00. The Balaban J connectivity index is 3.15. The molecule has 4 heteroatoms. The topological polar surface area (TPSA) is 69.1 Å². The molecule has 0 aliphatic heterocycles. The van der Waals surface area contributed by atoms with Crippen molar-refractivity contribution in [2.45, 2.75) is 6.67 Å². The molecule has 0 saturated heterocycles. The second-order valence-electron chi connectivity index (χ2n) is 2.46. The third-order valence-corrected chi connectivity index (χ3v) is 1.45. The monoisotopic (exact) mass is 168 g/mol. The Bertz CT molecular complexity index is 312. The van der Waals surface area contributed by atoms with Gasteiger partial charge in [0.25, 0.3) is 0 Å². The molecule has 0 radical (unpaired) electrons. The van der Waals surface area contributed by atoms with Crippen molar-refractivity contribution in [1.29, 1.82) is 0 Å². The number of benzene rings is 1. The molecular formula is C8H9FN2O. The largest absolute Gasteiger partial charge is 0.399 e. The first kappa shape index (κ1) is 8.52. The van der Waals surface area contributed by atoms with Crippen LogP contribution in [-0.2, 0) is 6.67 Å². The average Bonchev–Trinajstić information content (AvgIpc) is 2.03. The lowest BCUT2D eigenvalue weighted by Crippen LogP contribution is -2.11. The van der Waals surface area contributed by atoms with E-state index in [-0.39, 0.29) is 5.56 Å². The molecule has 64 valence electrons. The first-order chi connectivity index (χ1) is 5.63. The van der Waals surface area contributed by atoms with Gasteiger partial charge in [-0.25, -0.2) is 4.39 Å². The second-order valence-corrected chi connectivity index (χ2v) is 2.46. The normalized spacial score (nSPS) is 9.75. The van der Waals surface area contributed by atoms with Gasteiger partial charge in [-0.2, -0.15) is 0 Å². The van der Waals surface area contributed by atoms with Crippen molar-refractivity contribution < 1.29 is 9.18 Å². The van der Waals surface area contributed by atoms with Gasteiger partial charge in [-0.1, -0.05) is 0 Å². The van der Waals surface area contributed by atoms with Crippen molar-refractivity contribution in [3.8, 4) is 0 Å². The van der Waals surface area contributed by atoms with Crippen molar-refractivity contribution >= 4 is 11.6 Å². The van der Waals surface area contributed by atoms with Gasteiger partial charge in [-0.15, -0.1) is 0 Å². The highest BCUT2D eigenvalue weighted by atomic mass is 19.1. The molecule has 4 N–H and O–H groups in total. The quantitative estimate of drug-likeness (QED) is 0.642. The predicted octanol–water partition coefficient (Wildman–Crippen LogP) is 0.837. The van der Waals surface area contributed by atoms with Crippen molar-refractivity contribution in [3.05, 3.63) is 29.3 Å². The summed E-state index contributed by atoms with van der Waals surface area (Å²) in [4.78, 5) is 10.7. The van der Waals surface area contributed by atoms with Crippen LogP contribution in [0.3, 0.4) is 0 Å². The molecule has 0 unspecified atom stereocenters. The molecule has 12 heavy (non-hydrogen) atoms. The number of halogens is 1. The maximum Gasteiger partial charge on any atom is 0.248 e. The molecule has 0 aliphatic carbocycles. The number of carbonyl (C=O) groups is 1. The molecule has 1 rings (SSSR count). The maximum atomic E-state index is 12.1. The third-order valence-electron chi connectivity index (χ3n) is 1.45. The van der Waals surface area contributed by atoms with Crippen LogP contribution < -0.4 is 11.5 Å². The van der Waals surface area contributed by atoms with Gasteiger partial charge in [-0.3, -0.25) is 4.79 Å². The summed E-state index contributed by atoms with van der Waals surface area (Å²) >= 11 is 0. The highest BCUT2D eigenvalue weighted by Crippen LogP contribution is 2.12. The molecule has 0 bridgehead atoms. The molecule has 0 aromatic heterocycles. The Labute approximate surface area is 69.2 Å². The number of nitrogen functional groups attached to an aromatic ring is 1. The molecule has 0 fully saturated rings. The Morgan fingerprint density at radius 3 is 2.58 bits per heavy atom. The van der Waals surface area contributed by atoms with Crippen LogP contribution in [0, 0.1) is 0 Å². The van der Waals surface area contributed by atoms with Crippen LogP contribution >= 0.6 is 0 Å². The van der Waals surface area contributed by atoms with Gasteiger partial charge in [0.15, 0.2) is 0 Å². The van der Waals surface area contributed by atoms with Crippen LogP contribution in [0.4, 0.5) is 10.1 Å². The van der Waals surface area contributed by atoms with Gasteiger partial charge < -0.3 is 11.5 Å². The van der Waals surface area contributed by atoms with Gasteiger partial charge in [0.1, 0.15) is 6.67 Å². The smallest absolute Gasteiger partial charge is 0.248 e. The number of nitrogens with two attached hydrogens (primary N) is 2. The van der Waals surface area contributed by atoms with Crippen LogP contribution in [-0.4, -0.2) is 5.91 Å². The summed E-state index contributed by atoms with van der Waals surface area (Å²) in [5.41, 5.74) is 11.3. The number of hydrogen-bond donors (Lipinski definition) is 2. The summed E-state index contributed by atoms with van der Waals surface area (Å²) in [5.74, 6) is -0.600. The Hall–Kier alpha value is -1.58. The highest BCUT2D eigenvalue weighted by Gasteiger charge is 2.03. The number of amides is 1. The van der Waals surface area contributed by atoms with E-state index in [1.54, 1.807) is 0 Å². The van der Waals surface area contributed by atoms with Crippen molar-refractivity contribution in [2.75, 3.05) is 5.73 Å². The zero-order valence-corrected chi connectivity index (χ0v) is 6.38. The number of rotatable bonds is 2. The van der Waals surface area contributed by atoms with E-state index < -0.39 is 12.6 Å². The number of alkyl halides is 1. The van der Waals surface area contributed by atoms with Gasteiger partial charge in [0.2, 0.25) is 5.91 Å². The third kappa shape index (κ3) is 1.72. The molecule has 0 saturated carbocycles. The van der Waals surface area contributed by atoms with E-state index in [9.17, 15) is 9.18 Å². The molecule has 1 aromatic carbocycles. The van der Waals surface area contributed by atoms with E-state index in [2.05, 4.69) is 0 Å². The van der Waals surface area contributed by atoms with Crippen LogP contribution in [0.1, 0.15) is 15.9 Å².